The van der Waals surface area contributed by atoms with E-state index in [2.05, 4.69) is 40.2 Å². The van der Waals surface area contributed by atoms with Gasteiger partial charge in [-0.1, -0.05) is 41.9 Å². The lowest BCUT2D eigenvalue weighted by Gasteiger charge is -2.18. The van der Waals surface area contributed by atoms with Gasteiger partial charge in [-0.2, -0.15) is 0 Å². The van der Waals surface area contributed by atoms with Crippen LogP contribution in [0.2, 0.25) is 0 Å². The summed E-state index contributed by atoms with van der Waals surface area (Å²) >= 11 is 4.92. The summed E-state index contributed by atoms with van der Waals surface area (Å²) in [5.74, 6) is 0.883. The summed E-state index contributed by atoms with van der Waals surface area (Å²) in [6.07, 6.45) is 1.78. The molecule has 0 radical (unpaired) electrons. The maximum atomic E-state index is 12.7. The minimum atomic E-state index is -0.161. The average Bonchev–Trinajstić information content (AvgIpc) is 2.77. The van der Waals surface area contributed by atoms with Gasteiger partial charge in [0.25, 0.3) is 5.56 Å². The van der Waals surface area contributed by atoms with Crippen LogP contribution >= 0.6 is 27.7 Å². The molecule has 0 fully saturated rings. The van der Waals surface area contributed by atoms with Crippen LogP contribution in [0.3, 0.4) is 0 Å². The van der Waals surface area contributed by atoms with Gasteiger partial charge in [0.05, 0.1) is 22.6 Å². The number of H-pyrrole nitrogens is 1. The third kappa shape index (κ3) is 3.19. The second kappa shape index (κ2) is 7.19. The van der Waals surface area contributed by atoms with Crippen molar-refractivity contribution in [2.75, 3.05) is 11.1 Å². The van der Waals surface area contributed by atoms with E-state index >= 15 is 0 Å². The van der Waals surface area contributed by atoms with E-state index in [4.69, 9.17) is 0 Å². The van der Waals surface area contributed by atoms with Crippen LogP contribution in [0.5, 0.6) is 0 Å². The van der Waals surface area contributed by atoms with Crippen LogP contribution in [0.4, 0.5) is 5.82 Å². The van der Waals surface area contributed by atoms with Crippen LogP contribution < -0.4 is 10.9 Å². The Morgan fingerprint density at radius 2 is 1.92 bits per heavy atom. The van der Waals surface area contributed by atoms with Gasteiger partial charge in [0, 0.05) is 4.47 Å². The number of anilines is 1. The maximum absolute atomic E-state index is 12.7. The number of carbonyl (C=O) groups is 1. The zero-order valence-corrected chi connectivity index (χ0v) is 16.0. The van der Waals surface area contributed by atoms with Gasteiger partial charge in [-0.05, 0) is 30.5 Å². The first-order chi connectivity index (χ1) is 11.5. The van der Waals surface area contributed by atoms with E-state index in [9.17, 15) is 9.59 Å². The molecule has 0 spiro atoms. The normalized spacial score (nSPS) is 17.5. The van der Waals surface area contributed by atoms with Crippen LogP contribution in [0.25, 0.3) is 0 Å². The van der Waals surface area contributed by atoms with E-state index in [0.29, 0.717) is 17.1 Å². The highest BCUT2D eigenvalue weighted by Gasteiger charge is 2.31. The van der Waals surface area contributed by atoms with Crippen LogP contribution in [0.15, 0.2) is 33.5 Å². The van der Waals surface area contributed by atoms with Crippen molar-refractivity contribution in [3.8, 4) is 0 Å². The summed E-state index contributed by atoms with van der Waals surface area (Å²) in [4.78, 5) is 24.8. The fraction of sp³-hybridized carbons (Fsp3) is 0.412. The number of amides is 1. The molecule has 1 aromatic heterocycles. The predicted octanol–water partition coefficient (Wildman–Crippen LogP) is 4.07. The molecule has 7 heteroatoms. The molecule has 2 aromatic rings. The molecule has 128 valence electrons. The number of hydrogen-bond acceptors (Lipinski definition) is 3. The summed E-state index contributed by atoms with van der Waals surface area (Å²) in [6, 6.07) is 8.07. The lowest BCUT2D eigenvalue weighted by atomic mass is 10.1. The molecule has 0 aliphatic carbocycles. The van der Waals surface area contributed by atoms with Crippen LogP contribution in [-0.4, -0.2) is 21.4 Å². The Bertz CT molecular complexity index is 793. The highest BCUT2D eigenvalue weighted by molar-refractivity contribution is 9.10. The van der Waals surface area contributed by atoms with Crippen LogP contribution in [0.1, 0.15) is 49.1 Å². The van der Waals surface area contributed by atoms with Gasteiger partial charge >= 0.3 is 0 Å². The summed E-state index contributed by atoms with van der Waals surface area (Å²) < 4.78 is 2.83. The molecular weight excluding hydrogens is 390 g/mol. The third-order valence-electron chi connectivity index (χ3n) is 4.34. The average molecular weight is 410 g/mol. The fourth-order valence-corrected chi connectivity index (χ4v) is 4.46. The first-order valence-electron chi connectivity index (χ1n) is 8.06. The number of benzene rings is 1. The van der Waals surface area contributed by atoms with E-state index in [-0.39, 0.29) is 22.8 Å². The molecule has 0 bridgehead atoms. The van der Waals surface area contributed by atoms with Crippen LogP contribution in [-0.2, 0) is 4.79 Å². The number of rotatable bonds is 4. The van der Waals surface area contributed by atoms with Crippen LogP contribution in [0, 0.1) is 0 Å². The minimum Gasteiger partial charge on any atom is -0.310 e. The lowest BCUT2D eigenvalue weighted by molar-refractivity contribution is -0.113. The van der Waals surface area contributed by atoms with E-state index in [1.165, 1.54) is 11.8 Å². The molecule has 2 heterocycles. The molecule has 1 unspecified atom stereocenters. The Morgan fingerprint density at radius 1 is 1.25 bits per heavy atom. The Kier molecular flexibility index (Phi) is 5.20. The number of thioether (sulfide) groups is 1. The van der Waals surface area contributed by atoms with E-state index in [1.54, 1.807) is 0 Å². The Balaban J connectivity index is 2.15. The van der Waals surface area contributed by atoms with E-state index in [0.717, 1.165) is 22.9 Å². The fourth-order valence-electron chi connectivity index (χ4n) is 3.07. The first-order valence-corrected chi connectivity index (χ1v) is 9.90. The van der Waals surface area contributed by atoms with Crippen molar-refractivity contribution in [1.82, 2.24) is 9.78 Å². The maximum Gasteiger partial charge on any atom is 0.270 e. The number of aromatic nitrogens is 2. The number of fused-ring (bicyclic) bond motifs is 1. The number of nitrogens with one attached hydrogen (secondary N) is 2. The third-order valence-corrected chi connectivity index (χ3v) is 6.14. The Morgan fingerprint density at radius 3 is 2.54 bits per heavy atom. The van der Waals surface area contributed by atoms with Crippen molar-refractivity contribution in [3.63, 3.8) is 0 Å². The number of halogens is 1. The zero-order chi connectivity index (χ0) is 17.3. The first kappa shape index (κ1) is 17.4. The molecule has 2 N–H and O–H groups in total. The number of carbonyl (C=O) groups excluding carboxylic acids is 1. The molecule has 5 nitrogen and oxygen atoms in total. The lowest BCUT2D eigenvalue weighted by Crippen LogP contribution is -2.19. The van der Waals surface area contributed by atoms with E-state index in [1.807, 2.05) is 28.9 Å². The molecule has 1 atom stereocenters. The summed E-state index contributed by atoms with van der Waals surface area (Å²) in [6.45, 7) is 4.16. The summed E-state index contributed by atoms with van der Waals surface area (Å²) in [5.41, 5.74) is 1.54. The van der Waals surface area contributed by atoms with Crippen molar-refractivity contribution in [1.29, 1.82) is 0 Å². The standard InChI is InChI=1S/C17H20BrN3O2S/c1-3-12(4-2)21-16-14(17(23)20-21)15(24-9-13(22)19-16)10-5-7-11(18)8-6-10/h5-8,12,15H,3-4,9H2,1-2H3,(H,19,22)(H,20,23). The summed E-state index contributed by atoms with van der Waals surface area (Å²) in [5, 5.41) is 5.71. The Labute approximate surface area is 153 Å². The second-order valence-electron chi connectivity index (χ2n) is 5.83. The zero-order valence-electron chi connectivity index (χ0n) is 13.6. The highest BCUT2D eigenvalue weighted by atomic mass is 79.9. The summed E-state index contributed by atoms with van der Waals surface area (Å²) in [7, 11) is 0. The van der Waals surface area contributed by atoms with Gasteiger partial charge in [0.2, 0.25) is 5.91 Å². The second-order valence-corrected chi connectivity index (χ2v) is 7.84. The molecule has 0 saturated carbocycles. The molecule has 0 saturated heterocycles. The number of aromatic amines is 1. The van der Waals surface area contributed by atoms with Gasteiger partial charge in [0.15, 0.2) is 0 Å². The van der Waals surface area contributed by atoms with Crippen molar-refractivity contribution in [3.05, 3.63) is 50.2 Å². The van der Waals surface area contributed by atoms with Gasteiger partial charge < -0.3 is 5.32 Å². The van der Waals surface area contributed by atoms with E-state index < -0.39 is 0 Å². The van der Waals surface area contributed by atoms with Crippen molar-refractivity contribution < 1.29 is 4.79 Å². The number of hydrogen-bond donors (Lipinski definition) is 2. The van der Waals surface area contributed by atoms with Crippen molar-refractivity contribution in [2.24, 2.45) is 0 Å². The SMILES string of the molecule is CCC(CC)n1[nH]c(=O)c2c1NC(=O)CSC2c1ccc(Br)cc1. The number of nitrogens with zero attached hydrogens (tertiary/aromatic N) is 1. The largest absolute Gasteiger partial charge is 0.310 e. The predicted molar refractivity (Wildman–Crippen MR) is 102 cm³/mol. The van der Waals surface area contributed by atoms with Gasteiger partial charge in [-0.15, -0.1) is 11.8 Å². The van der Waals surface area contributed by atoms with Crippen molar-refractivity contribution in [2.45, 2.75) is 38.0 Å². The molecule has 3 rings (SSSR count). The molecule has 1 aliphatic heterocycles. The molecular formula is C17H20BrN3O2S. The molecule has 1 aliphatic rings. The molecule has 24 heavy (non-hydrogen) atoms. The minimum absolute atomic E-state index is 0.0698. The quantitative estimate of drug-likeness (QED) is 0.799. The highest BCUT2D eigenvalue weighted by Crippen LogP contribution is 2.40. The molecule has 1 amide bonds. The van der Waals surface area contributed by atoms with Crippen molar-refractivity contribution >= 4 is 39.4 Å². The topological polar surface area (TPSA) is 66.9 Å². The van der Waals surface area contributed by atoms with Gasteiger partial charge in [-0.3, -0.25) is 19.4 Å². The van der Waals surface area contributed by atoms with Gasteiger partial charge in [0.1, 0.15) is 5.82 Å². The smallest absolute Gasteiger partial charge is 0.270 e. The molecule has 1 aromatic carbocycles. The van der Waals surface area contributed by atoms with Gasteiger partial charge in [-0.25, -0.2) is 0 Å². The monoisotopic (exact) mass is 409 g/mol. The Hall–Kier alpha value is -1.47.